The van der Waals surface area contributed by atoms with Crippen molar-refractivity contribution in [1.29, 1.82) is 0 Å². The normalized spacial score (nSPS) is 15.4. The Morgan fingerprint density at radius 3 is 2.90 bits per heavy atom. The summed E-state index contributed by atoms with van der Waals surface area (Å²) in [6.07, 6.45) is 4.56. The predicted octanol–water partition coefficient (Wildman–Crippen LogP) is 1.12. The average molecular weight is 291 g/mol. The molecule has 1 aromatic rings. The Hall–Kier alpha value is -2.44. The minimum atomic E-state index is -1.16. The predicted molar refractivity (Wildman–Crippen MR) is 74.9 cm³/mol. The Balaban J connectivity index is 2.01. The second-order valence-electron chi connectivity index (χ2n) is 4.88. The molecule has 112 valence electrons. The van der Waals surface area contributed by atoms with Gasteiger partial charge >= 0.3 is 5.97 Å². The third-order valence-corrected chi connectivity index (χ3v) is 3.30. The van der Waals surface area contributed by atoms with E-state index in [-0.39, 0.29) is 23.8 Å². The first-order valence-corrected chi connectivity index (χ1v) is 6.84. The minimum Gasteiger partial charge on any atom is -0.478 e. The summed E-state index contributed by atoms with van der Waals surface area (Å²) < 4.78 is 0. The lowest BCUT2D eigenvalue weighted by Crippen LogP contribution is -2.37. The number of carboxylic acids is 1. The van der Waals surface area contributed by atoms with E-state index in [0.29, 0.717) is 13.0 Å². The zero-order valence-corrected chi connectivity index (χ0v) is 11.5. The van der Waals surface area contributed by atoms with Crippen molar-refractivity contribution in [2.75, 3.05) is 18.4 Å². The van der Waals surface area contributed by atoms with E-state index in [4.69, 9.17) is 5.11 Å². The highest BCUT2D eigenvalue weighted by Crippen LogP contribution is 2.13. The SMILES string of the molecule is O=C(CN1CCCCCC1=O)Nc1ncccc1C(=O)O. The summed E-state index contributed by atoms with van der Waals surface area (Å²) in [7, 11) is 0. The van der Waals surface area contributed by atoms with Gasteiger partial charge in [0.1, 0.15) is 11.4 Å². The van der Waals surface area contributed by atoms with Crippen molar-refractivity contribution in [1.82, 2.24) is 9.88 Å². The summed E-state index contributed by atoms with van der Waals surface area (Å²) in [6.45, 7) is 0.481. The van der Waals surface area contributed by atoms with Gasteiger partial charge < -0.3 is 15.3 Å². The lowest BCUT2D eigenvalue weighted by atomic mass is 10.2. The molecule has 1 fully saturated rings. The Morgan fingerprint density at radius 2 is 2.14 bits per heavy atom. The van der Waals surface area contributed by atoms with Crippen molar-refractivity contribution in [2.45, 2.75) is 25.7 Å². The van der Waals surface area contributed by atoms with Crippen molar-refractivity contribution in [2.24, 2.45) is 0 Å². The second kappa shape index (κ2) is 6.83. The van der Waals surface area contributed by atoms with E-state index in [1.807, 2.05) is 0 Å². The number of aromatic nitrogens is 1. The number of hydrogen-bond donors (Lipinski definition) is 2. The van der Waals surface area contributed by atoms with Gasteiger partial charge in [0.2, 0.25) is 11.8 Å². The van der Waals surface area contributed by atoms with Crippen LogP contribution >= 0.6 is 0 Å². The molecule has 0 saturated carbocycles. The highest BCUT2D eigenvalue weighted by Gasteiger charge is 2.20. The van der Waals surface area contributed by atoms with Crippen molar-refractivity contribution < 1.29 is 19.5 Å². The quantitative estimate of drug-likeness (QED) is 0.866. The number of carboxylic acid groups (broad SMARTS) is 1. The van der Waals surface area contributed by atoms with Crippen LogP contribution in [0.2, 0.25) is 0 Å². The van der Waals surface area contributed by atoms with Crippen molar-refractivity contribution >= 4 is 23.6 Å². The number of rotatable bonds is 4. The van der Waals surface area contributed by atoms with Crippen LogP contribution < -0.4 is 5.32 Å². The number of aromatic carboxylic acids is 1. The smallest absolute Gasteiger partial charge is 0.339 e. The number of carbonyl (C=O) groups excluding carboxylic acids is 2. The number of amides is 2. The second-order valence-corrected chi connectivity index (χ2v) is 4.88. The molecule has 21 heavy (non-hydrogen) atoms. The summed E-state index contributed by atoms with van der Waals surface area (Å²) in [6, 6.07) is 2.85. The maximum absolute atomic E-state index is 12.0. The zero-order valence-electron chi connectivity index (χ0n) is 11.5. The fraction of sp³-hybridized carbons (Fsp3) is 0.429. The van der Waals surface area contributed by atoms with Crippen molar-refractivity contribution in [3.63, 3.8) is 0 Å². The highest BCUT2D eigenvalue weighted by molar-refractivity contribution is 6.00. The fourth-order valence-corrected chi connectivity index (χ4v) is 2.23. The molecule has 7 heteroatoms. The van der Waals surface area contributed by atoms with Crippen LogP contribution in [0.3, 0.4) is 0 Å². The topological polar surface area (TPSA) is 99.6 Å². The molecule has 1 aliphatic heterocycles. The first-order valence-electron chi connectivity index (χ1n) is 6.84. The van der Waals surface area contributed by atoms with Crippen LogP contribution in [0.15, 0.2) is 18.3 Å². The molecule has 2 rings (SSSR count). The van der Waals surface area contributed by atoms with Crippen LogP contribution in [-0.4, -0.2) is 45.9 Å². The molecule has 2 amide bonds. The molecule has 0 spiro atoms. The van der Waals surface area contributed by atoms with Gasteiger partial charge in [0, 0.05) is 19.2 Å². The molecule has 1 aromatic heterocycles. The molecule has 0 atom stereocenters. The van der Waals surface area contributed by atoms with Crippen LogP contribution in [0, 0.1) is 0 Å². The molecule has 2 N–H and O–H groups in total. The molecule has 7 nitrogen and oxygen atoms in total. The Labute approximate surface area is 122 Å². The van der Waals surface area contributed by atoms with E-state index in [9.17, 15) is 14.4 Å². The van der Waals surface area contributed by atoms with E-state index in [2.05, 4.69) is 10.3 Å². The monoisotopic (exact) mass is 291 g/mol. The van der Waals surface area contributed by atoms with Gasteiger partial charge in [0.25, 0.3) is 0 Å². The van der Waals surface area contributed by atoms with Gasteiger partial charge in [-0.2, -0.15) is 0 Å². The molecule has 1 aliphatic rings. The molecule has 0 radical (unpaired) electrons. The van der Waals surface area contributed by atoms with Gasteiger partial charge in [-0.15, -0.1) is 0 Å². The summed E-state index contributed by atoms with van der Waals surface area (Å²) in [5, 5.41) is 11.5. The standard InChI is InChI=1S/C14H17N3O4/c18-11(9-17-8-3-1-2-6-12(17)19)16-13-10(14(20)21)5-4-7-15-13/h4-5,7H,1-3,6,8-9H2,(H,20,21)(H,15,16,18). The van der Waals surface area contributed by atoms with Gasteiger partial charge in [-0.25, -0.2) is 9.78 Å². The van der Waals surface area contributed by atoms with Gasteiger partial charge in [0.15, 0.2) is 0 Å². The third-order valence-electron chi connectivity index (χ3n) is 3.30. The van der Waals surface area contributed by atoms with E-state index in [1.165, 1.54) is 23.2 Å². The molecule has 0 aliphatic carbocycles. The molecular formula is C14H17N3O4. The van der Waals surface area contributed by atoms with Gasteiger partial charge in [0.05, 0.1) is 6.54 Å². The number of hydrogen-bond acceptors (Lipinski definition) is 4. The Bertz CT molecular complexity index is 559. The molecule has 0 unspecified atom stereocenters. The summed E-state index contributed by atoms with van der Waals surface area (Å²) in [5.41, 5.74) is -0.0759. The van der Waals surface area contributed by atoms with Crippen LogP contribution in [-0.2, 0) is 9.59 Å². The number of pyridine rings is 1. The molecule has 0 aromatic carbocycles. The van der Waals surface area contributed by atoms with Gasteiger partial charge in [-0.1, -0.05) is 6.42 Å². The van der Waals surface area contributed by atoms with Crippen LogP contribution in [0.1, 0.15) is 36.0 Å². The first kappa shape index (κ1) is 15.0. The lowest BCUT2D eigenvalue weighted by molar-refractivity contribution is -0.134. The van der Waals surface area contributed by atoms with Crippen LogP contribution in [0.25, 0.3) is 0 Å². The summed E-state index contributed by atoms with van der Waals surface area (Å²) >= 11 is 0. The van der Waals surface area contributed by atoms with E-state index in [0.717, 1.165) is 19.3 Å². The molecule has 1 saturated heterocycles. The Morgan fingerprint density at radius 1 is 1.33 bits per heavy atom. The van der Waals surface area contributed by atoms with Gasteiger partial charge in [-0.05, 0) is 25.0 Å². The number of likely N-dealkylation sites (tertiary alicyclic amines) is 1. The van der Waals surface area contributed by atoms with Gasteiger partial charge in [-0.3, -0.25) is 9.59 Å². The number of anilines is 1. The van der Waals surface area contributed by atoms with E-state index < -0.39 is 11.9 Å². The molecule has 2 heterocycles. The third kappa shape index (κ3) is 4.01. The fourth-order valence-electron chi connectivity index (χ4n) is 2.23. The number of carbonyl (C=O) groups is 3. The minimum absolute atomic E-state index is 0.00253. The number of nitrogens with one attached hydrogen (secondary N) is 1. The largest absolute Gasteiger partial charge is 0.478 e. The van der Waals surface area contributed by atoms with Crippen LogP contribution in [0.4, 0.5) is 5.82 Å². The average Bonchev–Trinajstić information content (AvgIpc) is 2.64. The molecular weight excluding hydrogens is 274 g/mol. The van der Waals surface area contributed by atoms with Crippen molar-refractivity contribution in [3.05, 3.63) is 23.9 Å². The number of nitrogens with zero attached hydrogens (tertiary/aromatic N) is 2. The van der Waals surface area contributed by atoms with E-state index >= 15 is 0 Å². The maximum Gasteiger partial charge on any atom is 0.339 e. The lowest BCUT2D eigenvalue weighted by Gasteiger charge is -2.19. The summed E-state index contributed by atoms with van der Waals surface area (Å²) in [4.78, 5) is 40.2. The highest BCUT2D eigenvalue weighted by atomic mass is 16.4. The summed E-state index contributed by atoms with van der Waals surface area (Å²) in [5.74, 6) is -1.64. The van der Waals surface area contributed by atoms with E-state index in [1.54, 1.807) is 0 Å². The maximum atomic E-state index is 12.0. The van der Waals surface area contributed by atoms with Crippen LogP contribution in [0.5, 0.6) is 0 Å². The first-order chi connectivity index (χ1) is 10.1. The Kier molecular flexibility index (Phi) is 4.86. The molecule has 0 bridgehead atoms. The zero-order chi connectivity index (χ0) is 15.2. The van der Waals surface area contributed by atoms with Crippen molar-refractivity contribution in [3.8, 4) is 0 Å².